The summed E-state index contributed by atoms with van der Waals surface area (Å²) >= 11 is 0. The Morgan fingerprint density at radius 2 is 2.41 bits per heavy atom. The van der Waals surface area contributed by atoms with Gasteiger partial charge in [-0.3, -0.25) is 9.78 Å². The fourth-order valence-electron chi connectivity index (χ4n) is 1.39. The number of methoxy groups -OCH3 is 1. The van der Waals surface area contributed by atoms with E-state index >= 15 is 0 Å². The zero-order chi connectivity index (χ0) is 12.5. The molecule has 0 aliphatic rings. The quantitative estimate of drug-likeness (QED) is 0.675. The fraction of sp³-hybridized carbons (Fsp3) is 0.500. The first-order valence-corrected chi connectivity index (χ1v) is 5.66. The molecular formula is C12H19N3O2. The molecule has 0 bridgehead atoms. The van der Waals surface area contributed by atoms with Crippen LogP contribution in [0.3, 0.4) is 0 Å². The van der Waals surface area contributed by atoms with Crippen molar-refractivity contribution >= 4 is 5.91 Å². The Labute approximate surface area is 101 Å². The van der Waals surface area contributed by atoms with Crippen LogP contribution in [-0.4, -0.2) is 30.6 Å². The van der Waals surface area contributed by atoms with Crippen molar-refractivity contribution in [3.05, 3.63) is 30.1 Å². The first-order chi connectivity index (χ1) is 8.24. The number of ether oxygens (including phenoxy) is 1. The molecule has 17 heavy (non-hydrogen) atoms. The van der Waals surface area contributed by atoms with Crippen LogP contribution >= 0.6 is 0 Å². The molecule has 1 rings (SSSR count). The Morgan fingerprint density at radius 1 is 1.59 bits per heavy atom. The molecule has 5 heteroatoms. The molecule has 0 saturated carbocycles. The van der Waals surface area contributed by atoms with Crippen molar-refractivity contribution in [2.24, 2.45) is 5.73 Å². The highest BCUT2D eigenvalue weighted by Crippen LogP contribution is 1.97. The first-order valence-electron chi connectivity index (χ1n) is 5.66. The molecule has 1 heterocycles. The Balaban J connectivity index is 2.24. The van der Waals surface area contributed by atoms with Gasteiger partial charge in [-0.25, -0.2) is 0 Å². The summed E-state index contributed by atoms with van der Waals surface area (Å²) in [5.41, 5.74) is 6.56. The first kappa shape index (κ1) is 13.6. The molecule has 1 amide bonds. The smallest absolute Gasteiger partial charge is 0.237 e. The molecule has 1 atom stereocenters. The van der Waals surface area contributed by atoms with Gasteiger partial charge in [0.2, 0.25) is 5.91 Å². The second kappa shape index (κ2) is 7.76. The molecule has 94 valence electrons. The average Bonchev–Trinajstić information content (AvgIpc) is 2.37. The Bertz CT molecular complexity index is 330. The van der Waals surface area contributed by atoms with Crippen LogP contribution in [0.2, 0.25) is 0 Å². The molecule has 0 radical (unpaired) electrons. The van der Waals surface area contributed by atoms with E-state index in [0.29, 0.717) is 19.6 Å². The lowest BCUT2D eigenvalue weighted by Crippen LogP contribution is -2.40. The van der Waals surface area contributed by atoms with E-state index in [1.807, 2.05) is 18.2 Å². The predicted octanol–water partition coefficient (Wildman–Crippen LogP) is 0.452. The van der Waals surface area contributed by atoms with Crippen LogP contribution in [0.15, 0.2) is 24.4 Å². The highest BCUT2D eigenvalue weighted by molar-refractivity contribution is 5.81. The number of hydrogen-bond donors (Lipinski definition) is 2. The lowest BCUT2D eigenvalue weighted by molar-refractivity contribution is -0.122. The van der Waals surface area contributed by atoms with Crippen molar-refractivity contribution in [2.45, 2.75) is 25.4 Å². The van der Waals surface area contributed by atoms with E-state index in [9.17, 15) is 4.79 Å². The lowest BCUT2D eigenvalue weighted by Gasteiger charge is -2.11. The van der Waals surface area contributed by atoms with Crippen molar-refractivity contribution in [3.63, 3.8) is 0 Å². The zero-order valence-electron chi connectivity index (χ0n) is 10.1. The van der Waals surface area contributed by atoms with Crippen LogP contribution in [0.25, 0.3) is 0 Å². The van der Waals surface area contributed by atoms with E-state index in [1.54, 1.807) is 13.3 Å². The zero-order valence-corrected chi connectivity index (χ0v) is 10.1. The van der Waals surface area contributed by atoms with Crippen molar-refractivity contribution in [2.75, 3.05) is 13.7 Å². The van der Waals surface area contributed by atoms with Gasteiger partial charge in [0.25, 0.3) is 0 Å². The van der Waals surface area contributed by atoms with Gasteiger partial charge in [0.15, 0.2) is 0 Å². The summed E-state index contributed by atoms with van der Waals surface area (Å²) in [6.45, 7) is 1.04. The van der Waals surface area contributed by atoms with Crippen molar-refractivity contribution < 1.29 is 9.53 Å². The molecule has 1 aromatic heterocycles. The third kappa shape index (κ3) is 5.42. The third-order valence-corrected chi connectivity index (χ3v) is 2.37. The van der Waals surface area contributed by atoms with Crippen LogP contribution in [0, 0.1) is 0 Å². The molecular weight excluding hydrogens is 218 g/mol. The molecule has 5 nitrogen and oxygen atoms in total. The van der Waals surface area contributed by atoms with Crippen LogP contribution in [-0.2, 0) is 16.1 Å². The second-order valence-electron chi connectivity index (χ2n) is 3.78. The van der Waals surface area contributed by atoms with Crippen molar-refractivity contribution in [1.82, 2.24) is 10.3 Å². The van der Waals surface area contributed by atoms with E-state index in [4.69, 9.17) is 10.5 Å². The SMILES string of the molecule is COCCCC(N)C(=O)NCc1ccccn1. The van der Waals surface area contributed by atoms with E-state index in [0.717, 1.165) is 12.1 Å². The van der Waals surface area contributed by atoms with E-state index in [-0.39, 0.29) is 5.91 Å². The second-order valence-corrected chi connectivity index (χ2v) is 3.78. The van der Waals surface area contributed by atoms with Crippen LogP contribution in [0.5, 0.6) is 0 Å². The van der Waals surface area contributed by atoms with Gasteiger partial charge in [-0.2, -0.15) is 0 Å². The fourth-order valence-corrected chi connectivity index (χ4v) is 1.39. The minimum atomic E-state index is -0.478. The van der Waals surface area contributed by atoms with Gasteiger partial charge >= 0.3 is 0 Å². The van der Waals surface area contributed by atoms with Gasteiger partial charge in [-0.15, -0.1) is 0 Å². The van der Waals surface area contributed by atoms with Crippen molar-refractivity contribution in [1.29, 1.82) is 0 Å². The Morgan fingerprint density at radius 3 is 3.06 bits per heavy atom. The minimum absolute atomic E-state index is 0.147. The highest BCUT2D eigenvalue weighted by Gasteiger charge is 2.12. The number of amides is 1. The van der Waals surface area contributed by atoms with Gasteiger partial charge in [0.05, 0.1) is 18.3 Å². The summed E-state index contributed by atoms with van der Waals surface area (Å²) in [4.78, 5) is 15.7. The summed E-state index contributed by atoms with van der Waals surface area (Å²) in [6, 6.07) is 5.10. The van der Waals surface area contributed by atoms with Gasteiger partial charge in [-0.05, 0) is 25.0 Å². The summed E-state index contributed by atoms with van der Waals surface area (Å²) in [6.07, 6.45) is 3.11. The number of rotatable bonds is 7. The summed E-state index contributed by atoms with van der Waals surface area (Å²) < 4.78 is 4.90. The average molecular weight is 237 g/mol. The summed E-state index contributed by atoms with van der Waals surface area (Å²) in [7, 11) is 1.63. The van der Waals surface area contributed by atoms with Crippen molar-refractivity contribution in [3.8, 4) is 0 Å². The Hall–Kier alpha value is -1.46. The number of hydrogen-bond acceptors (Lipinski definition) is 4. The number of nitrogens with one attached hydrogen (secondary N) is 1. The number of pyridine rings is 1. The summed E-state index contributed by atoms with van der Waals surface area (Å²) in [5.74, 6) is -0.147. The van der Waals surface area contributed by atoms with E-state index < -0.39 is 6.04 Å². The number of aromatic nitrogens is 1. The molecule has 0 saturated heterocycles. The number of carbonyl (C=O) groups is 1. The largest absolute Gasteiger partial charge is 0.385 e. The molecule has 0 aliphatic heterocycles. The molecule has 0 aromatic carbocycles. The number of nitrogens with two attached hydrogens (primary N) is 1. The maximum absolute atomic E-state index is 11.6. The van der Waals surface area contributed by atoms with Gasteiger partial charge < -0.3 is 15.8 Å². The molecule has 1 unspecified atom stereocenters. The Kier molecular flexibility index (Phi) is 6.21. The predicted molar refractivity (Wildman–Crippen MR) is 65.2 cm³/mol. The van der Waals surface area contributed by atoms with E-state index in [2.05, 4.69) is 10.3 Å². The van der Waals surface area contributed by atoms with Gasteiger partial charge in [0, 0.05) is 19.9 Å². The van der Waals surface area contributed by atoms with Crippen LogP contribution in [0.1, 0.15) is 18.5 Å². The maximum atomic E-state index is 11.6. The normalized spacial score (nSPS) is 12.1. The topological polar surface area (TPSA) is 77.2 Å². The maximum Gasteiger partial charge on any atom is 0.237 e. The standard InChI is InChI=1S/C12H19N3O2/c1-17-8-4-6-11(13)12(16)15-9-10-5-2-3-7-14-10/h2-3,5,7,11H,4,6,8-9,13H2,1H3,(H,15,16). The number of nitrogens with zero attached hydrogens (tertiary/aromatic N) is 1. The third-order valence-electron chi connectivity index (χ3n) is 2.37. The highest BCUT2D eigenvalue weighted by atomic mass is 16.5. The van der Waals surface area contributed by atoms with Gasteiger partial charge in [0.1, 0.15) is 0 Å². The van der Waals surface area contributed by atoms with E-state index in [1.165, 1.54) is 0 Å². The molecule has 3 N–H and O–H groups in total. The molecule has 1 aromatic rings. The van der Waals surface area contributed by atoms with Crippen LogP contribution in [0.4, 0.5) is 0 Å². The number of carbonyl (C=O) groups excluding carboxylic acids is 1. The minimum Gasteiger partial charge on any atom is -0.385 e. The monoisotopic (exact) mass is 237 g/mol. The lowest BCUT2D eigenvalue weighted by atomic mass is 10.1. The molecule has 0 spiro atoms. The molecule has 0 aliphatic carbocycles. The van der Waals surface area contributed by atoms with Gasteiger partial charge in [-0.1, -0.05) is 6.07 Å². The van der Waals surface area contributed by atoms with Crippen LogP contribution < -0.4 is 11.1 Å². The summed E-state index contributed by atoms with van der Waals surface area (Å²) in [5, 5.41) is 2.76. The molecule has 0 fully saturated rings.